The average molecular weight is 404 g/mol. The molecule has 1 aliphatic rings. The van der Waals surface area contributed by atoms with E-state index in [4.69, 9.17) is 9.47 Å². The van der Waals surface area contributed by atoms with E-state index in [1.165, 1.54) is 4.90 Å². The van der Waals surface area contributed by atoms with Crippen LogP contribution in [0.2, 0.25) is 0 Å². The summed E-state index contributed by atoms with van der Waals surface area (Å²) in [6.07, 6.45) is 3.38. The van der Waals surface area contributed by atoms with Crippen molar-refractivity contribution in [2.45, 2.75) is 78.9 Å². The van der Waals surface area contributed by atoms with Crippen LogP contribution in [0.1, 0.15) is 72.3 Å². The molecule has 1 heterocycles. The molecule has 162 valence electrons. The number of rotatable bonds is 8. The predicted molar refractivity (Wildman–Crippen MR) is 115 cm³/mol. The number of methoxy groups -OCH3 is 1. The number of imide groups is 1. The summed E-state index contributed by atoms with van der Waals surface area (Å²) in [5.41, 5.74) is 0.818. The van der Waals surface area contributed by atoms with Crippen molar-refractivity contribution >= 4 is 11.8 Å². The van der Waals surface area contributed by atoms with Gasteiger partial charge < -0.3 is 9.47 Å². The van der Waals surface area contributed by atoms with Gasteiger partial charge in [-0.15, -0.1) is 0 Å². The van der Waals surface area contributed by atoms with Crippen molar-refractivity contribution in [1.82, 2.24) is 4.90 Å². The highest BCUT2D eigenvalue weighted by Crippen LogP contribution is 2.47. The fraction of sp³-hybridized carbons (Fsp3) is 0.667. The maximum atomic E-state index is 13.1. The molecule has 2 amide bonds. The molecular weight excluding hydrogens is 366 g/mol. The Morgan fingerprint density at radius 3 is 2.34 bits per heavy atom. The molecule has 0 unspecified atom stereocenters. The molecule has 1 fully saturated rings. The van der Waals surface area contributed by atoms with E-state index in [1.54, 1.807) is 14.0 Å². The number of hydrogen-bond donors (Lipinski definition) is 0. The quantitative estimate of drug-likeness (QED) is 0.615. The van der Waals surface area contributed by atoms with Gasteiger partial charge in [-0.2, -0.15) is 0 Å². The lowest BCUT2D eigenvalue weighted by molar-refractivity contribution is -0.148. The van der Waals surface area contributed by atoms with E-state index in [-0.39, 0.29) is 22.8 Å². The first-order chi connectivity index (χ1) is 13.6. The Kier molecular flexibility index (Phi) is 7.87. The van der Waals surface area contributed by atoms with Crippen LogP contribution in [0.5, 0.6) is 5.75 Å². The summed E-state index contributed by atoms with van der Waals surface area (Å²) in [6, 6.07) is 7.51. The molecule has 0 saturated carbocycles. The summed E-state index contributed by atoms with van der Waals surface area (Å²) in [6.45, 7) is 11.6. The molecule has 0 bridgehead atoms. The predicted octanol–water partition coefficient (Wildman–Crippen LogP) is 4.97. The van der Waals surface area contributed by atoms with Crippen LogP contribution < -0.4 is 4.74 Å². The fourth-order valence-corrected chi connectivity index (χ4v) is 4.42. The Morgan fingerprint density at radius 1 is 1.17 bits per heavy atom. The van der Waals surface area contributed by atoms with E-state index in [2.05, 4.69) is 27.7 Å². The second kappa shape index (κ2) is 9.75. The standard InChI is InChI=1S/C24H37NO4/c1-7-21(26)25(16-19-8-10-20(28-6)11-9-19)22(27)12-13-24(18(2)3)14-15-29-23(4,5)17-24/h8-11,18H,7,12-17H2,1-6H3/t24-/m1/s1. The molecule has 0 N–H and O–H groups in total. The van der Waals surface area contributed by atoms with E-state index in [1.807, 2.05) is 24.3 Å². The van der Waals surface area contributed by atoms with Gasteiger partial charge in [0.25, 0.3) is 0 Å². The van der Waals surface area contributed by atoms with Crippen LogP contribution in [0.4, 0.5) is 0 Å². The zero-order valence-corrected chi connectivity index (χ0v) is 18.9. The molecule has 1 aromatic carbocycles. The third-order valence-corrected chi connectivity index (χ3v) is 6.34. The van der Waals surface area contributed by atoms with Crippen molar-refractivity contribution in [3.05, 3.63) is 29.8 Å². The molecule has 0 aromatic heterocycles. The summed E-state index contributed by atoms with van der Waals surface area (Å²) < 4.78 is 11.1. The van der Waals surface area contributed by atoms with Crippen molar-refractivity contribution < 1.29 is 19.1 Å². The number of carbonyl (C=O) groups is 2. The van der Waals surface area contributed by atoms with E-state index >= 15 is 0 Å². The van der Waals surface area contributed by atoms with Gasteiger partial charge in [0.15, 0.2) is 0 Å². The lowest BCUT2D eigenvalue weighted by atomic mass is 9.64. The first-order valence-corrected chi connectivity index (χ1v) is 10.7. The molecule has 1 atom stereocenters. The fourth-order valence-electron chi connectivity index (χ4n) is 4.42. The number of amides is 2. The molecule has 1 aliphatic heterocycles. The molecule has 2 rings (SSSR count). The minimum Gasteiger partial charge on any atom is -0.497 e. The number of nitrogens with zero attached hydrogens (tertiary/aromatic N) is 1. The Morgan fingerprint density at radius 2 is 1.83 bits per heavy atom. The highest BCUT2D eigenvalue weighted by atomic mass is 16.5. The molecule has 29 heavy (non-hydrogen) atoms. The lowest BCUT2D eigenvalue weighted by Gasteiger charge is -2.48. The zero-order chi connectivity index (χ0) is 21.7. The van der Waals surface area contributed by atoms with Crippen molar-refractivity contribution in [3.63, 3.8) is 0 Å². The Balaban J connectivity index is 2.11. The van der Waals surface area contributed by atoms with Crippen LogP contribution in [0.3, 0.4) is 0 Å². The molecule has 0 aliphatic carbocycles. The first-order valence-electron chi connectivity index (χ1n) is 10.7. The van der Waals surface area contributed by atoms with Crippen LogP contribution in [0, 0.1) is 11.3 Å². The second-order valence-corrected chi connectivity index (χ2v) is 9.13. The smallest absolute Gasteiger partial charge is 0.229 e. The Labute approximate surface area is 175 Å². The maximum Gasteiger partial charge on any atom is 0.229 e. The third kappa shape index (κ3) is 6.05. The number of benzene rings is 1. The highest BCUT2D eigenvalue weighted by molar-refractivity contribution is 5.95. The van der Waals surface area contributed by atoms with Crippen LogP contribution >= 0.6 is 0 Å². The average Bonchev–Trinajstić information content (AvgIpc) is 2.69. The van der Waals surface area contributed by atoms with Crippen molar-refractivity contribution in [2.75, 3.05) is 13.7 Å². The van der Waals surface area contributed by atoms with Crippen molar-refractivity contribution in [2.24, 2.45) is 11.3 Å². The number of hydrogen-bond acceptors (Lipinski definition) is 4. The van der Waals surface area contributed by atoms with Gasteiger partial charge >= 0.3 is 0 Å². The molecule has 5 heteroatoms. The molecule has 0 spiro atoms. The van der Waals surface area contributed by atoms with Crippen molar-refractivity contribution in [3.8, 4) is 5.75 Å². The summed E-state index contributed by atoms with van der Waals surface area (Å²) in [4.78, 5) is 27.0. The monoisotopic (exact) mass is 403 g/mol. The van der Waals surface area contributed by atoms with E-state index in [0.717, 1.165) is 37.2 Å². The maximum absolute atomic E-state index is 13.1. The molecular formula is C24H37NO4. The Bertz CT molecular complexity index is 695. The topological polar surface area (TPSA) is 55.8 Å². The molecule has 1 aromatic rings. The van der Waals surface area contributed by atoms with Gasteiger partial charge in [0.2, 0.25) is 11.8 Å². The van der Waals surface area contributed by atoms with Gasteiger partial charge in [0, 0.05) is 19.4 Å². The summed E-state index contributed by atoms with van der Waals surface area (Å²) in [5.74, 6) is 0.999. The lowest BCUT2D eigenvalue weighted by Crippen LogP contribution is -2.45. The highest BCUT2D eigenvalue weighted by Gasteiger charge is 2.43. The van der Waals surface area contributed by atoms with Crippen LogP contribution in [0.25, 0.3) is 0 Å². The number of ether oxygens (including phenoxy) is 2. The summed E-state index contributed by atoms with van der Waals surface area (Å²) in [7, 11) is 1.62. The zero-order valence-electron chi connectivity index (χ0n) is 18.9. The van der Waals surface area contributed by atoms with E-state index in [0.29, 0.717) is 25.3 Å². The minimum absolute atomic E-state index is 0.0679. The number of carbonyl (C=O) groups excluding carboxylic acids is 2. The Hall–Kier alpha value is -1.88. The normalized spacial score (nSPS) is 21.1. The van der Waals surface area contributed by atoms with Gasteiger partial charge in [0.1, 0.15) is 5.75 Å². The largest absolute Gasteiger partial charge is 0.497 e. The SMILES string of the molecule is CCC(=O)N(Cc1ccc(OC)cc1)C(=O)CC[C@@]1(C(C)C)CCOC(C)(C)C1. The van der Waals surface area contributed by atoms with Gasteiger partial charge in [-0.25, -0.2) is 0 Å². The second-order valence-electron chi connectivity index (χ2n) is 9.13. The van der Waals surface area contributed by atoms with Gasteiger partial charge in [0.05, 0.1) is 19.3 Å². The summed E-state index contributed by atoms with van der Waals surface area (Å²) in [5, 5.41) is 0. The van der Waals surface area contributed by atoms with Crippen LogP contribution in [0.15, 0.2) is 24.3 Å². The van der Waals surface area contributed by atoms with Gasteiger partial charge in [-0.1, -0.05) is 32.9 Å². The van der Waals surface area contributed by atoms with Crippen LogP contribution in [-0.2, 0) is 20.9 Å². The molecule has 0 radical (unpaired) electrons. The first kappa shape index (κ1) is 23.4. The van der Waals surface area contributed by atoms with E-state index in [9.17, 15) is 9.59 Å². The third-order valence-electron chi connectivity index (χ3n) is 6.34. The minimum atomic E-state index is -0.173. The summed E-state index contributed by atoms with van der Waals surface area (Å²) >= 11 is 0. The van der Waals surface area contributed by atoms with Gasteiger partial charge in [-0.05, 0) is 62.1 Å². The van der Waals surface area contributed by atoms with Crippen LogP contribution in [-0.4, -0.2) is 36.0 Å². The van der Waals surface area contributed by atoms with Gasteiger partial charge in [-0.3, -0.25) is 14.5 Å². The molecule has 5 nitrogen and oxygen atoms in total. The molecule has 1 saturated heterocycles. The van der Waals surface area contributed by atoms with E-state index < -0.39 is 0 Å². The van der Waals surface area contributed by atoms with Crippen molar-refractivity contribution in [1.29, 1.82) is 0 Å².